The number of para-hydroxylation sites is 1. The van der Waals surface area contributed by atoms with Crippen LogP contribution < -0.4 is 0 Å². The lowest BCUT2D eigenvalue weighted by molar-refractivity contribution is -0.385. The summed E-state index contributed by atoms with van der Waals surface area (Å²) in [7, 11) is -3.58. The molecule has 0 aliphatic carbocycles. The molecular formula is C16H12N2O4S. The van der Waals surface area contributed by atoms with Gasteiger partial charge in [-0.15, -0.1) is 0 Å². The Labute approximate surface area is 133 Å². The van der Waals surface area contributed by atoms with E-state index < -0.39 is 14.8 Å². The first-order valence-electron chi connectivity index (χ1n) is 6.54. The Morgan fingerprint density at radius 3 is 2.39 bits per heavy atom. The minimum atomic E-state index is -3.58. The van der Waals surface area contributed by atoms with Gasteiger partial charge >= 0.3 is 0 Å². The van der Waals surface area contributed by atoms with Crippen molar-refractivity contribution in [1.29, 1.82) is 5.26 Å². The number of hydrogen-bond donors (Lipinski definition) is 0. The summed E-state index contributed by atoms with van der Waals surface area (Å²) in [5.41, 5.74) is 1.05. The van der Waals surface area contributed by atoms with Gasteiger partial charge in [-0.3, -0.25) is 10.1 Å². The summed E-state index contributed by atoms with van der Waals surface area (Å²) >= 11 is 0. The molecule has 0 saturated carbocycles. The van der Waals surface area contributed by atoms with Crippen LogP contribution in [0.25, 0.3) is 6.08 Å². The van der Waals surface area contributed by atoms with E-state index in [1.54, 1.807) is 18.2 Å². The third kappa shape index (κ3) is 4.49. The van der Waals surface area contributed by atoms with E-state index in [0.29, 0.717) is 11.1 Å². The van der Waals surface area contributed by atoms with Gasteiger partial charge in [-0.2, -0.15) is 5.26 Å². The lowest BCUT2D eigenvalue weighted by Gasteiger charge is -2.01. The molecule has 23 heavy (non-hydrogen) atoms. The molecule has 6 nitrogen and oxygen atoms in total. The summed E-state index contributed by atoms with van der Waals surface area (Å²) in [5, 5.41) is 20.6. The SMILES string of the molecule is N#Cc1ccc(CS(=O)(=O)C=Cc2ccccc2[N+](=O)[O-])cc1. The van der Waals surface area contributed by atoms with Gasteiger partial charge in [0.05, 0.1) is 27.9 Å². The number of hydrogen-bond acceptors (Lipinski definition) is 5. The van der Waals surface area contributed by atoms with Crippen molar-refractivity contribution >= 4 is 21.6 Å². The van der Waals surface area contributed by atoms with Crippen molar-refractivity contribution in [3.8, 4) is 6.07 Å². The zero-order chi connectivity index (χ0) is 16.9. The highest BCUT2D eigenvalue weighted by Gasteiger charge is 2.12. The smallest absolute Gasteiger partial charge is 0.258 e. The van der Waals surface area contributed by atoms with E-state index in [2.05, 4.69) is 0 Å². The molecule has 0 heterocycles. The molecule has 0 aliphatic heterocycles. The molecule has 2 rings (SSSR count). The van der Waals surface area contributed by atoms with Crippen LogP contribution in [0, 0.1) is 21.4 Å². The molecule has 0 aromatic heterocycles. The van der Waals surface area contributed by atoms with Crippen LogP contribution in [-0.4, -0.2) is 13.3 Å². The zero-order valence-corrected chi connectivity index (χ0v) is 12.7. The zero-order valence-electron chi connectivity index (χ0n) is 11.9. The van der Waals surface area contributed by atoms with E-state index in [1.807, 2.05) is 6.07 Å². The first-order chi connectivity index (χ1) is 10.9. The summed E-state index contributed by atoms with van der Waals surface area (Å²) < 4.78 is 24.2. The van der Waals surface area contributed by atoms with Gasteiger partial charge in [-0.25, -0.2) is 8.42 Å². The highest BCUT2D eigenvalue weighted by atomic mass is 32.2. The molecule has 2 aromatic carbocycles. The van der Waals surface area contributed by atoms with Crippen molar-refractivity contribution in [2.75, 3.05) is 0 Å². The Morgan fingerprint density at radius 1 is 1.13 bits per heavy atom. The molecule has 7 heteroatoms. The molecule has 0 radical (unpaired) electrons. The first-order valence-corrected chi connectivity index (χ1v) is 8.26. The standard InChI is InChI=1S/C16H12N2O4S/c17-11-13-5-7-14(8-6-13)12-23(21,22)10-9-15-3-1-2-4-16(15)18(19)20/h1-10H,12H2. The fraction of sp³-hybridized carbons (Fsp3) is 0.0625. The van der Waals surface area contributed by atoms with E-state index in [1.165, 1.54) is 36.4 Å². The third-order valence-electron chi connectivity index (χ3n) is 3.04. The van der Waals surface area contributed by atoms with Gasteiger partial charge in [0.15, 0.2) is 9.84 Å². The molecule has 2 aromatic rings. The number of rotatable bonds is 5. The average Bonchev–Trinajstić information content (AvgIpc) is 2.53. The van der Waals surface area contributed by atoms with E-state index in [9.17, 15) is 18.5 Å². The first kappa shape index (κ1) is 16.4. The molecule has 0 N–H and O–H groups in total. The number of sulfone groups is 1. The topological polar surface area (TPSA) is 101 Å². The van der Waals surface area contributed by atoms with Crippen molar-refractivity contribution in [1.82, 2.24) is 0 Å². The predicted molar refractivity (Wildman–Crippen MR) is 85.9 cm³/mol. The predicted octanol–water partition coefficient (Wildman–Crippen LogP) is 3.05. The maximum absolute atomic E-state index is 12.1. The van der Waals surface area contributed by atoms with Crippen LogP contribution in [-0.2, 0) is 15.6 Å². The van der Waals surface area contributed by atoms with Gasteiger partial charge in [0, 0.05) is 11.5 Å². The third-order valence-corrected chi connectivity index (χ3v) is 4.33. The molecule has 0 atom stereocenters. The molecule has 0 bridgehead atoms. The number of benzene rings is 2. The number of nitriles is 1. The van der Waals surface area contributed by atoms with E-state index >= 15 is 0 Å². The minimum absolute atomic E-state index is 0.155. The van der Waals surface area contributed by atoms with Crippen molar-refractivity contribution in [2.45, 2.75) is 5.75 Å². The number of nitro benzene ring substituents is 1. The van der Waals surface area contributed by atoms with Crippen LogP contribution in [0.3, 0.4) is 0 Å². The Balaban J connectivity index is 2.21. The molecular weight excluding hydrogens is 316 g/mol. The summed E-state index contributed by atoms with van der Waals surface area (Å²) in [6.45, 7) is 0. The molecule has 0 fully saturated rings. The second-order valence-corrected chi connectivity index (χ2v) is 6.62. The van der Waals surface area contributed by atoms with Crippen LogP contribution in [0.15, 0.2) is 53.9 Å². The molecule has 0 unspecified atom stereocenters. The second-order valence-electron chi connectivity index (χ2n) is 4.73. The van der Waals surface area contributed by atoms with Crippen LogP contribution in [0.2, 0.25) is 0 Å². The molecule has 0 amide bonds. The highest BCUT2D eigenvalue weighted by Crippen LogP contribution is 2.20. The molecule has 116 valence electrons. The lowest BCUT2D eigenvalue weighted by atomic mass is 10.2. The van der Waals surface area contributed by atoms with Gasteiger partial charge in [0.25, 0.3) is 5.69 Å². The van der Waals surface area contributed by atoms with Crippen LogP contribution in [0.4, 0.5) is 5.69 Å². The summed E-state index contributed by atoms with van der Waals surface area (Å²) in [5.74, 6) is -0.240. The summed E-state index contributed by atoms with van der Waals surface area (Å²) in [6, 6.07) is 14.1. The fourth-order valence-electron chi connectivity index (χ4n) is 1.93. The Morgan fingerprint density at radius 2 is 1.78 bits per heavy atom. The molecule has 0 spiro atoms. The monoisotopic (exact) mass is 328 g/mol. The maximum Gasteiger partial charge on any atom is 0.276 e. The lowest BCUT2D eigenvalue weighted by Crippen LogP contribution is -2.00. The quantitative estimate of drug-likeness (QED) is 0.620. The van der Waals surface area contributed by atoms with Crippen LogP contribution in [0.5, 0.6) is 0 Å². The van der Waals surface area contributed by atoms with Gasteiger partial charge in [0.1, 0.15) is 0 Å². The van der Waals surface area contributed by atoms with E-state index in [4.69, 9.17) is 5.26 Å². The Kier molecular flexibility index (Phi) is 4.88. The van der Waals surface area contributed by atoms with Crippen molar-refractivity contribution < 1.29 is 13.3 Å². The van der Waals surface area contributed by atoms with Crippen molar-refractivity contribution in [3.63, 3.8) is 0 Å². The van der Waals surface area contributed by atoms with Crippen molar-refractivity contribution in [2.24, 2.45) is 0 Å². The van der Waals surface area contributed by atoms with Gasteiger partial charge < -0.3 is 0 Å². The summed E-state index contributed by atoms with van der Waals surface area (Å²) in [4.78, 5) is 10.3. The summed E-state index contributed by atoms with van der Waals surface area (Å²) in [6.07, 6.45) is 1.22. The second kappa shape index (κ2) is 6.85. The highest BCUT2D eigenvalue weighted by molar-refractivity contribution is 7.93. The van der Waals surface area contributed by atoms with E-state index in [-0.39, 0.29) is 17.0 Å². The van der Waals surface area contributed by atoms with Crippen LogP contribution in [0.1, 0.15) is 16.7 Å². The fourth-order valence-corrected chi connectivity index (χ4v) is 3.03. The van der Waals surface area contributed by atoms with Crippen LogP contribution >= 0.6 is 0 Å². The van der Waals surface area contributed by atoms with Crippen molar-refractivity contribution in [3.05, 3.63) is 80.7 Å². The van der Waals surface area contributed by atoms with Gasteiger partial charge in [0.2, 0.25) is 0 Å². The number of nitro groups is 1. The Hall–Kier alpha value is -2.98. The molecule has 0 aliphatic rings. The Bertz CT molecular complexity index is 894. The number of nitrogens with zero attached hydrogens (tertiary/aromatic N) is 2. The largest absolute Gasteiger partial charge is 0.276 e. The average molecular weight is 328 g/mol. The van der Waals surface area contributed by atoms with E-state index in [0.717, 1.165) is 5.41 Å². The van der Waals surface area contributed by atoms with Gasteiger partial charge in [-0.1, -0.05) is 24.3 Å². The van der Waals surface area contributed by atoms with Gasteiger partial charge in [-0.05, 0) is 29.8 Å². The maximum atomic E-state index is 12.1. The normalized spacial score (nSPS) is 11.3. The molecule has 0 saturated heterocycles. The minimum Gasteiger partial charge on any atom is -0.258 e.